The average Bonchev–Trinajstić information content (AvgIpc) is 3.13. The summed E-state index contributed by atoms with van der Waals surface area (Å²) >= 11 is 0. The minimum Gasteiger partial charge on any atom is -0.395 e. The lowest BCUT2D eigenvalue weighted by Crippen LogP contribution is -2.35. The van der Waals surface area contributed by atoms with Gasteiger partial charge in [-0.05, 0) is 31.4 Å². The Morgan fingerprint density at radius 3 is 3.00 bits per heavy atom. The van der Waals surface area contributed by atoms with Gasteiger partial charge in [-0.1, -0.05) is 12.1 Å². The van der Waals surface area contributed by atoms with Gasteiger partial charge in [-0.25, -0.2) is 4.98 Å². The normalized spacial score (nSPS) is 17.2. The molecule has 1 aliphatic carbocycles. The van der Waals surface area contributed by atoms with Crippen molar-refractivity contribution in [2.24, 2.45) is 0 Å². The minimum absolute atomic E-state index is 0.207. The van der Waals surface area contributed by atoms with Gasteiger partial charge in [0, 0.05) is 18.6 Å². The third-order valence-electron chi connectivity index (χ3n) is 3.51. The van der Waals surface area contributed by atoms with Crippen molar-refractivity contribution in [3.05, 3.63) is 30.6 Å². The molecule has 0 radical (unpaired) electrons. The van der Waals surface area contributed by atoms with Crippen molar-refractivity contribution in [3.8, 4) is 0 Å². The monoisotopic (exact) mass is 245 g/mol. The zero-order chi connectivity index (χ0) is 12.4. The van der Waals surface area contributed by atoms with Gasteiger partial charge in [-0.15, -0.1) is 0 Å². The van der Waals surface area contributed by atoms with E-state index >= 15 is 0 Å². The van der Waals surface area contributed by atoms with Crippen molar-refractivity contribution in [1.29, 1.82) is 0 Å². The van der Waals surface area contributed by atoms with Crippen LogP contribution < -0.4 is 5.32 Å². The van der Waals surface area contributed by atoms with Crippen LogP contribution in [0, 0.1) is 0 Å². The Morgan fingerprint density at radius 2 is 2.22 bits per heavy atom. The number of rotatable bonds is 6. The molecule has 18 heavy (non-hydrogen) atoms. The van der Waals surface area contributed by atoms with E-state index in [-0.39, 0.29) is 12.6 Å². The van der Waals surface area contributed by atoms with Crippen LogP contribution in [0.5, 0.6) is 0 Å². The SMILES string of the molecule is OCC(CCn1cnc2ccccc21)NC1CC1. The standard InChI is InChI=1S/C14H19N3O/c18-9-12(16-11-5-6-11)7-8-17-10-15-13-3-1-2-4-14(13)17/h1-4,10-12,16,18H,5-9H2. The molecule has 4 heteroatoms. The van der Waals surface area contributed by atoms with E-state index in [2.05, 4.69) is 20.9 Å². The number of aliphatic hydroxyl groups excluding tert-OH is 1. The van der Waals surface area contributed by atoms with E-state index in [0.717, 1.165) is 18.5 Å². The molecule has 0 aliphatic heterocycles. The summed E-state index contributed by atoms with van der Waals surface area (Å²) in [6.07, 6.45) is 5.33. The van der Waals surface area contributed by atoms with Crippen LogP contribution >= 0.6 is 0 Å². The molecule has 0 amide bonds. The maximum absolute atomic E-state index is 9.36. The van der Waals surface area contributed by atoms with Gasteiger partial charge >= 0.3 is 0 Å². The van der Waals surface area contributed by atoms with Crippen LogP contribution in [0.2, 0.25) is 0 Å². The lowest BCUT2D eigenvalue weighted by molar-refractivity contribution is 0.230. The number of nitrogens with zero attached hydrogens (tertiary/aromatic N) is 2. The fourth-order valence-electron chi connectivity index (χ4n) is 2.29. The Balaban J connectivity index is 1.64. The number of nitrogens with one attached hydrogen (secondary N) is 1. The van der Waals surface area contributed by atoms with Crippen LogP contribution in [0.25, 0.3) is 11.0 Å². The fourth-order valence-corrected chi connectivity index (χ4v) is 2.29. The zero-order valence-corrected chi connectivity index (χ0v) is 10.4. The Bertz CT molecular complexity index is 518. The van der Waals surface area contributed by atoms with Gasteiger partial charge < -0.3 is 15.0 Å². The number of imidazole rings is 1. The molecule has 1 saturated carbocycles. The van der Waals surface area contributed by atoms with Gasteiger partial charge in [-0.3, -0.25) is 0 Å². The van der Waals surface area contributed by atoms with E-state index in [4.69, 9.17) is 0 Å². The Labute approximate surface area is 107 Å². The highest BCUT2D eigenvalue weighted by atomic mass is 16.3. The van der Waals surface area contributed by atoms with E-state index < -0.39 is 0 Å². The van der Waals surface area contributed by atoms with Gasteiger partial charge in [-0.2, -0.15) is 0 Å². The highest BCUT2D eigenvalue weighted by molar-refractivity contribution is 5.74. The van der Waals surface area contributed by atoms with Crippen molar-refractivity contribution >= 4 is 11.0 Å². The minimum atomic E-state index is 0.207. The van der Waals surface area contributed by atoms with Gasteiger partial charge in [0.1, 0.15) is 0 Å². The summed E-state index contributed by atoms with van der Waals surface area (Å²) in [5, 5.41) is 12.8. The molecule has 2 N–H and O–H groups in total. The highest BCUT2D eigenvalue weighted by Crippen LogP contribution is 2.20. The Morgan fingerprint density at radius 1 is 1.39 bits per heavy atom. The molecule has 1 fully saturated rings. The molecule has 1 aromatic carbocycles. The van der Waals surface area contributed by atoms with Crippen molar-refractivity contribution in [3.63, 3.8) is 0 Å². The summed E-state index contributed by atoms with van der Waals surface area (Å²) < 4.78 is 2.16. The number of hydrogen-bond donors (Lipinski definition) is 2. The number of aryl methyl sites for hydroxylation is 1. The van der Waals surface area contributed by atoms with Crippen molar-refractivity contribution in [2.45, 2.75) is 37.9 Å². The number of para-hydroxylation sites is 2. The summed E-state index contributed by atoms with van der Waals surface area (Å²) in [4.78, 5) is 4.38. The smallest absolute Gasteiger partial charge is 0.0958 e. The second-order valence-corrected chi connectivity index (χ2v) is 5.04. The van der Waals surface area contributed by atoms with Crippen molar-refractivity contribution < 1.29 is 5.11 Å². The van der Waals surface area contributed by atoms with E-state index in [1.54, 1.807) is 0 Å². The predicted octanol–water partition coefficient (Wildman–Crippen LogP) is 1.54. The number of hydrogen-bond acceptors (Lipinski definition) is 3. The van der Waals surface area contributed by atoms with Crippen LogP contribution in [0.1, 0.15) is 19.3 Å². The third kappa shape index (κ3) is 2.54. The number of fused-ring (bicyclic) bond motifs is 1. The van der Waals surface area contributed by atoms with Crippen LogP contribution in [0.15, 0.2) is 30.6 Å². The maximum atomic E-state index is 9.36. The van der Waals surface area contributed by atoms with E-state index in [1.165, 1.54) is 18.4 Å². The zero-order valence-electron chi connectivity index (χ0n) is 10.4. The molecule has 96 valence electrons. The number of aromatic nitrogens is 2. The maximum Gasteiger partial charge on any atom is 0.0958 e. The Hall–Kier alpha value is -1.39. The summed E-state index contributed by atoms with van der Waals surface area (Å²) in [5.41, 5.74) is 2.20. The van der Waals surface area contributed by atoms with Gasteiger partial charge in [0.25, 0.3) is 0 Å². The first-order valence-electron chi connectivity index (χ1n) is 6.63. The summed E-state index contributed by atoms with van der Waals surface area (Å²) in [5.74, 6) is 0. The van der Waals surface area contributed by atoms with Crippen LogP contribution in [0.3, 0.4) is 0 Å². The molecular weight excluding hydrogens is 226 g/mol. The highest BCUT2D eigenvalue weighted by Gasteiger charge is 2.24. The molecule has 3 rings (SSSR count). The Kier molecular flexibility index (Phi) is 3.30. The summed E-state index contributed by atoms with van der Waals surface area (Å²) in [7, 11) is 0. The quantitative estimate of drug-likeness (QED) is 0.811. The van der Waals surface area contributed by atoms with Crippen molar-refractivity contribution in [2.75, 3.05) is 6.61 Å². The van der Waals surface area contributed by atoms with Gasteiger partial charge in [0.05, 0.1) is 24.0 Å². The van der Waals surface area contributed by atoms with Crippen LogP contribution in [-0.4, -0.2) is 33.3 Å². The molecule has 0 bridgehead atoms. The molecule has 1 aromatic heterocycles. The van der Waals surface area contributed by atoms with Crippen molar-refractivity contribution in [1.82, 2.24) is 14.9 Å². The largest absolute Gasteiger partial charge is 0.395 e. The first-order valence-corrected chi connectivity index (χ1v) is 6.63. The molecule has 1 heterocycles. The number of aliphatic hydroxyl groups is 1. The van der Waals surface area contributed by atoms with E-state index in [0.29, 0.717) is 6.04 Å². The second-order valence-electron chi connectivity index (χ2n) is 5.04. The second kappa shape index (κ2) is 5.08. The lowest BCUT2D eigenvalue weighted by Gasteiger charge is -2.16. The topological polar surface area (TPSA) is 50.1 Å². The van der Waals surface area contributed by atoms with E-state index in [1.807, 2.05) is 24.5 Å². The molecule has 0 spiro atoms. The summed E-state index contributed by atoms with van der Waals surface area (Å²) in [6, 6.07) is 9.00. The molecule has 1 aliphatic rings. The van der Waals surface area contributed by atoms with Gasteiger partial charge in [0.15, 0.2) is 0 Å². The first-order chi connectivity index (χ1) is 8.86. The predicted molar refractivity (Wildman–Crippen MR) is 71.4 cm³/mol. The molecular formula is C14H19N3O. The molecule has 1 atom stereocenters. The van der Waals surface area contributed by atoms with Crippen LogP contribution in [0.4, 0.5) is 0 Å². The molecule has 0 saturated heterocycles. The van der Waals surface area contributed by atoms with E-state index in [9.17, 15) is 5.11 Å². The van der Waals surface area contributed by atoms with Gasteiger partial charge in [0.2, 0.25) is 0 Å². The molecule has 4 nitrogen and oxygen atoms in total. The lowest BCUT2D eigenvalue weighted by atomic mass is 10.2. The molecule has 1 unspecified atom stereocenters. The third-order valence-corrected chi connectivity index (χ3v) is 3.51. The summed E-state index contributed by atoms with van der Waals surface area (Å²) in [6.45, 7) is 1.11. The van der Waals surface area contributed by atoms with Crippen LogP contribution in [-0.2, 0) is 6.54 Å². The number of benzene rings is 1. The fraction of sp³-hybridized carbons (Fsp3) is 0.500. The molecule has 2 aromatic rings. The average molecular weight is 245 g/mol. The first kappa shape index (κ1) is 11.7.